The van der Waals surface area contributed by atoms with E-state index >= 15 is 0 Å². The number of halogens is 1. The van der Waals surface area contributed by atoms with Crippen molar-refractivity contribution in [3.05, 3.63) is 75.6 Å². The second-order valence-electron chi connectivity index (χ2n) is 5.40. The van der Waals surface area contributed by atoms with Crippen LogP contribution in [-0.4, -0.2) is 10.2 Å². The van der Waals surface area contributed by atoms with E-state index in [1.807, 2.05) is 23.6 Å². The zero-order chi connectivity index (χ0) is 15.1. The summed E-state index contributed by atoms with van der Waals surface area (Å²) >= 11 is 6.00. The molecule has 0 N–H and O–H groups in total. The highest BCUT2D eigenvalue weighted by atomic mass is 35.5. The van der Waals surface area contributed by atoms with E-state index in [1.54, 1.807) is 24.3 Å². The molecule has 0 spiro atoms. The Hall–Kier alpha value is -2.06. The van der Waals surface area contributed by atoms with Crippen LogP contribution in [0.2, 0.25) is 5.02 Å². The van der Waals surface area contributed by atoms with Crippen molar-refractivity contribution in [2.45, 2.75) is 20.8 Å². The van der Waals surface area contributed by atoms with E-state index in [2.05, 4.69) is 19.9 Å². The van der Waals surface area contributed by atoms with Gasteiger partial charge in [-0.25, -0.2) is 0 Å². The van der Waals surface area contributed by atoms with Gasteiger partial charge in [-0.2, -0.15) is 0 Å². The molecule has 0 saturated heterocycles. The predicted molar refractivity (Wildman–Crippen MR) is 86.5 cm³/mol. The minimum absolute atomic E-state index is 0.00181. The monoisotopic (exact) mass is 297 g/mol. The van der Waals surface area contributed by atoms with Crippen LogP contribution in [-0.2, 0) is 0 Å². The number of fused-ring (bicyclic) bond motifs is 1. The van der Waals surface area contributed by atoms with Crippen LogP contribution in [0.4, 0.5) is 0 Å². The van der Waals surface area contributed by atoms with Crippen LogP contribution in [0.15, 0.2) is 42.6 Å². The third-order valence-electron chi connectivity index (χ3n) is 3.96. The van der Waals surface area contributed by atoms with Gasteiger partial charge in [-0.05, 0) is 61.7 Å². The normalized spacial score (nSPS) is 11.0. The molecule has 0 amide bonds. The summed E-state index contributed by atoms with van der Waals surface area (Å²) in [7, 11) is 0. The summed E-state index contributed by atoms with van der Waals surface area (Å²) in [6.45, 7) is 6.11. The highest BCUT2D eigenvalue weighted by molar-refractivity contribution is 6.31. The lowest BCUT2D eigenvalue weighted by Crippen LogP contribution is -2.07. The van der Waals surface area contributed by atoms with Crippen molar-refractivity contribution in [3.8, 4) is 0 Å². The molecule has 0 unspecified atom stereocenters. The van der Waals surface area contributed by atoms with Gasteiger partial charge in [-0.1, -0.05) is 23.7 Å². The Balaban J connectivity index is 2.25. The molecule has 2 nitrogen and oxygen atoms in total. The molecule has 0 saturated carbocycles. The molecule has 2 aromatic heterocycles. The molecule has 1 aromatic carbocycles. The largest absolute Gasteiger partial charge is 0.313 e. The summed E-state index contributed by atoms with van der Waals surface area (Å²) < 4.78 is 1.97. The van der Waals surface area contributed by atoms with Crippen LogP contribution >= 0.6 is 11.6 Å². The number of aromatic nitrogens is 1. The second-order valence-corrected chi connectivity index (χ2v) is 5.83. The van der Waals surface area contributed by atoms with Crippen molar-refractivity contribution >= 4 is 22.9 Å². The van der Waals surface area contributed by atoms with Gasteiger partial charge >= 0.3 is 0 Å². The average molecular weight is 298 g/mol. The van der Waals surface area contributed by atoms with E-state index in [4.69, 9.17) is 11.6 Å². The van der Waals surface area contributed by atoms with Gasteiger partial charge in [-0.15, -0.1) is 0 Å². The number of nitrogens with zero attached hydrogens (tertiary/aromatic N) is 1. The first-order valence-electron chi connectivity index (χ1n) is 6.87. The quantitative estimate of drug-likeness (QED) is 0.626. The molecule has 0 fully saturated rings. The summed E-state index contributed by atoms with van der Waals surface area (Å²) in [6.07, 6.45) is 1.96. The van der Waals surface area contributed by atoms with Crippen molar-refractivity contribution in [1.29, 1.82) is 0 Å². The molecule has 0 aliphatic rings. The summed E-state index contributed by atoms with van der Waals surface area (Å²) in [5.74, 6) is 0.00181. The standard InChI is InChI=1S/C18H16ClNO/c1-11-7-8-20-16(9-11)12(2)13(3)17(20)18(21)14-5-4-6-15(19)10-14/h4-10H,1-3H3. The van der Waals surface area contributed by atoms with Crippen LogP contribution in [0.25, 0.3) is 5.52 Å². The second kappa shape index (κ2) is 5.05. The fourth-order valence-corrected chi connectivity index (χ4v) is 2.88. The number of aryl methyl sites for hydroxylation is 2. The van der Waals surface area contributed by atoms with Crippen LogP contribution in [0.3, 0.4) is 0 Å². The van der Waals surface area contributed by atoms with E-state index in [9.17, 15) is 4.79 Å². The summed E-state index contributed by atoms with van der Waals surface area (Å²) in [6, 6.07) is 11.2. The van der Waals surface area contributed by atoms with E-state index in [-0.39, 0.29) is 5.78 Å². The lowest BCUT2D eigenvalue weighted by atomic mass is 10.0. The van der Waals surface area contributed by atoms with Crippen LogP contribution in [0.5, 0.6) is 0 Å². The summed E-state index contributed by atoms with van der Waals surface area (Å²) in [4.78, 5) is 12.9. The molecular formula is C18H16ClNO. The van der Waals surface area contributed by atoms with Gasteiger partial charge in [0.1, 0.15) is 0 Å². The van der Waals surface area contributed by atoms with Crippen molar-refractivity contribution in [2.24, 2.45) is 0 Å². The predicted octanol–water partition coefficient (Wildman–Crippen LogP) is 4.75. The maximum atomic E-state index is 12.9. The van der Waals surface area contributed by atoms with Gasteiger partial charge in [0.25, 0.3) is 0 Å². The Labute approximate surface area is 129 Å². The van der Waals surface area contributed by atoms with Crippen molar-refractivity contribution in [1.82, 2.24) is 4.40 Å². The molecule has 0 bridgehead atoms. The molecular weight excluding hydrogens is 282 g/mol. The number of benzene rings is 1. The molecule has 0 radical (unpaired) electrons. The molecule has 0 aliphatic carbocycles. The number of ketones is 1. The summed E-state index contributed by atoms with van der Waals surface area (Å²) in [5, 5.41) is 0.576. The number of hydrogen-bond acceptors (Lipinski definition) is 1. The van der Waals surface area contributed by atoms with Gasteiger partial charge < -0.3 is 4.40 Å². The number of rotatable bonds is 2. The highest BCUT2D eigenvalue weighted by Crippen LogP contribution is 2.26. The third kappa shape index (κ3) is 2.26. The Bertz CT molecular complexity index is 861. The smallest absolute Gasteiger partial charge is 0.210 e. The van der Waals surface area contributed by atoms with Crippen molar-refractivity contribution in [3.63, 3.8) is 0 Å². The van der Waals surface area contributed by atoms with Gasteiger partial charge in [0.05, 0.1) is 5.69 Å². The SMILES string of the molecule is Cc1ccn2c(C(=O)c3cccc(Cl)c3)c(C)c(C)c2c1. The lowest BCUT2D eigenvalue weighted by molar-refractivity contribution is 0.103. The van der Waals surface area contributed by atoms with Crippen LogP contribution in [0.1, 0.15) is 32.7 Å². The number of pyridine rings is 1. The Morgan fingerprint density at radius 3 is 2.52 bits per heavy atom. The average Bonchev–Trinajstić information content (AvgIpc) is 2.70. The zero-order valence-corrected chi connectivity index (χ0v) is 13.0. The summed E-state index contributed by atoms with van der Waals surface area (Å²) in [5.41, 5.74) is 5.76. The Morgan fingerprint density at radius 1 is 1.05 bits per heavy atom. The van der Waals surface area contributed by atoms with E-state index < -0.39 is 0 Å². The zero-order valence-electron chi connectivity index (χ0n) is 12.3. The van der Waals surface area contributed by atoms with Crippen LogP contribution in [0, 0.1) is 20.8 Å². The van der Waals surface area contributed by atoms with E-state index in [0.29, 0.717) is 16.3 Å². The lowest BCUT2D eigenvalue weighted by Gasteiger charge is -2.05. The van der Waals surface area contributed by atoms with Gasteiger partial charge in [0, 0.05) is 22.3 Å². The first-order valence-corrected chi connectivity index (χ1v) is 7.25. The number of carbonyl (C=O) groups excluding carboxylic acids is 1. The molecule has 21 heavy (non-hydrogen) atoms. The number of carbonyl (C=O) groups is 1. The molecule has 3 heteroatoms. The Kier molecular flexibility index (Phi) is 3.34. The van der Waals surface area contributed by atoms with E-state index in [1.165, 1.54) is 5.56 Å². The molecule has 2 heterocycles. The van der Waals surface area contributed by atoms with Gasteiger partial charge in [0.2, 0.25) is 5.78 Å². The van der Waals surface area contributed by atoms with Gasteiger partial charge in [0.15, 0.2) is 0 Å². The maximum absolute atomic E-state index is 12.9. The maximum Gasteiger partial charge on any atom is 0.210 e. The minimum Gasteiger partial charge on any atom is -0.313 e. The Morgan fingerprint density at radius 2 is 1.81 bits per heavy atom. The number of hydrogen-bond donors (Lipinski definition) is 0. The highest BCUT2D eigenvalue weighted by Gasteiger charge is 2.19. The molecule has 0 atom stereocenters. The molecule has 3 rings (SSSR count). The fraction of sp³-hybridized carbons (Fsp3) is 0.167. The van der Waals surface area contributed by atoms with Crippen LogP contribution < -0.4 is 0 Å². The topological polar surface area (TPSA) is 21.5 Å². The third-order valence-corrected chi connectivity index (χ3v) is 4.19. The van der Waals surface area contributed by atoms with Crippen molar-refractivity contribution in [2.75, 3.05) is 0 Å². The first kappa shape index (κ1) is 13.9. The minimum atomic E-state index is 0.00181. The van der Waals surface area contributed by atoms with Crippen molar-refractivity contribution < 1.29 is 4.79 Å². The molecule has 3 aromatic rings. The first-order chi connectivity index (χ1) is 9.99. The van der Waals surface area contributed by atoms with Gasteiger partial charge in [-0.3, -0.25) is 4.79 Å². The molecule has 0 aliphatic heterocycles. The fourth-order valence-electron chi connectivity index (χ4n) is 2.69. The molecule has 106 valence electrons. The van der Waals surface area contributed by atoms with E-state index in [0.717, 1.165) is 16.6 Å².